The van der Waals surface area contributed by atoms with Gasteiger partial charge in [0.2, 0.25) is 0 Å². The van der Waals surface area contributed by atoms with E-state index in [1.165, 1.54) is 16.7 Å². The predicted molar refractivity (Wildman–Crippen MR) is 119 cm³/mol. The van der Waals surface area contributed by atoms with Crippen LogP contribution >= 0.6 is 0 Å². The SMILES string of the molecule is CCCc1cc(CC(C)(C)C)c(OCC(=O)NCCN(C)C)c(C(C)(C)C)c1. The van der Waals surface area contributed by atoms with Gasteiger partial charge in [-0.1, -0.05) is 67.0 Å². The van der Waals surface area contributed by atoms with Crippen molar-refractivity contribution < 1.29 is 9.53 Å². The van der Waals surface area contributed by atoms with Gasteiger partial charge < -0.3 is 15.0 Å². The van der Waals surface area contributed by atoms with Crippen molar-refractivity contribution in [3.8, 4) is 5.75 Å². The molecule has 0 aliphatic rings. The normalized spacial score (nSPS) is 12.4. The molecule has 0 bridgehead atoms. The molecule has 0 aromatic heterocycles. The summed E-state index contributed by atoms with van der Waals surface area (Å²) in [4.78, 5) is 14.3. The van der Waals surface area contributed by atoms with E-state index in [0.29, 0.717) is 6.54 Å². The summed E-state index contributed by atoms with van der Waals surface area (Å²) < 4.78 is 6.17. The number of amides is 1. The van der Waals surface area contributed by atoms with Gasteiger partial charge in [-0.25, -0.2) is 0 Å². The molecule has 0 spiro atoms. The number of carbonyl (C=O) groups is 1. The van der Waals surface area contributed by atoms with Crippen molar-refractivity contribution in [2.75, 3.05) is 33.8 Å². The van der Waals surface area contributed by atoms with Crippen LogP contribution in [0.4, 0.5) is 0 Å². The monoisotopic (exact) mass is 390 g/mol. The standard InChI is InChI=1S/C24H42N2O2/c1-10-11-18-14-19(16-23(2,3)4)22(20(15-18)24(5,6)7)28-17-21(27)25-12-13-26(8)9/h14-15H,10-13,16-17H2,1-9H3,(H,25,27). The Bertz CT molecular complexity index is 637. The van der Waals surface area contributed by atoms with Crippen LogP contribution in [0.15, 0.2) is 12.1 Å². The maximum Gasteiger partial charge on any atom is 0.257 e. The molecule has 4 heteroatoms. The molecule has 1 aromatic rings. The van der Waals surface area contributed by atoms with Gasteiger partial charge in [0.05, 0.1) is 0 Å². The quantitative estimate of drug-likeness (QED) is 0.671. The number of carbonyl (C=O) groups excluding carboxylic acids is 1. The Morgan fingerprint density at radius 1 is 1.11 bits per heavy atom. The first-order valence-electron chi connectivity index (χ1n) is 10.5. The minimum absolute atomic E-state index is 0.0485. The maximum absolute atomic E-state index is 12.3. The number of nitrogens with zero attached hydrogens (tertiary/aromatic N) is 1. The number of likely N-dealkylation sites (N-methyl/N-ethyl adjacent to an activating group) is 1. The van der Waals surface area contributed by atoms with Gasteiger partial charge in [-0.3, -0.25) is 4.79 Å². The summed E-state index contributed by atoms with van der Waals surface area (Å²) >= 11 is 0. The van der Waals surface area contributed by atoms with Crippen molar-refractivity contribution in [2.24, 2.45) is 5.41 Å². The van der Waals surface area contributed by atoms with E-state index >= 15 is 0 Å². The molecule has 160 valence electrons. The van der Waals surface area contributed by atoms with Crippen LogP contribution in [0.3, 0.4) is 0 Å². The highest BCUT2D eigenvalue weighted by Gasteiger charge is 2.25. The third-order valence-electron chi connectivity index (χ3n) is 4.52. The van der Waals surface area contributed by atoms with E-state index in [1.54, 1.807) is 0 Å². The Hall–Kier alpha value is -1.55. The van der Waals surface area contributed by atoms with Gasteiger partial charge in [0.15, 0.2) is 6.61 Å². The minimum atomic E-state index is -0.0685. The zero-order chi connectivity index (χ0) is 21.5. The van der Waals surface area contributed by atoms with Gasteiger partial charge in [-0.05, 0) is 48.9 Å². The van der Waals surface area contributed by atoms with Gasteiger partial charge in [0.25, 0.3) is 5.91 Å². The van der Waals surface area contributed by atoms with Gasteiger partial charge >= 0.3 is 0 Å². The second-order valence-corrected chi connectivity index (χ2v) is 10.3. The van der Waals surface area contributed by atoms with Crippen molar-refractivity contribution in [2.45, 2.75) is 73.1 Å². The molecular weight excluding hydrogens is 348 g/mol. The van der Waals surface area contributed by atoms with E-state index in [2.05, 4.69) is 65.9 Å². The van der Waals surface area contributed by atoms with Crippen molar-refractivity contribution in [1.82, 2.24) is 10.2 Å². The van der Waals surface area contributed by atoms with Crippen LogP contribution in [-0.2, 0) is 23.1 Å². The van der Waals surface area contributed by atoms with Crippen LogP contribution in [0.1, 0.15) is 71.6 Å². The second-order valence-electron chi connectivity index (χ2n) is 10.3. The van der Waals surface area contributed by atoms with Crippen molar-refractivity contribution in [3.63, 3.8) is 0 Å². The van der Waals surface area contributed by atoms with E-state index in [0.717, 1.165) is 31.6 Å². The molecule has 0 radical (unpaired) electrons. The van der Waals surface area contributed by atoms with Crippen LogP contribution in [0, 0.1) is 5.41 Å². The third kappa shape index (κ3) is 8.64. The number of hydrogen-bond donors (Lipinski definition) is 1. The van der Waals surface area contributed by atoms with Crippen molar-refractivity contribution >= 4 is 5.91 Å². The number of ether oxygens (including phenoxy) is 1. The van der Waals surface area contributed by atoms with E-state index in [-0.39, 0.29) is 23.3 Å². The third-order valence-corrected chi connectivity index (χ3v) is 4.52. The highest BCUT2D eigenvalue weighted by molar-refractivity contribution is 5.77. The maximum atomic E-state index is 12.3. The molecule has 0 aliphatic carbocycles. The van der Waals surface area contributed by atoms with Crippen LogP contribution < -0.4 is 10.1 Å². The van der Waals surface area contributed by atoms with Crippen molar-refractivity contribution in [3.05, 3.63) is 28.8 Å². The summed E-state index contributed by atoms with van der Waals surface area (Å²) in [5, 5.41) is 2.94. The Balaban J connectivity index is 3.15. The summed E-state index contributed by atoms with van der Waals surface area (Å²) in [5.74, 6) is 0.825. The molecule has 4 nitrogen and oxygen atoms in total. The summed E-state index contributed by atoms with van der Waals surface area (Å²) in [7, 11) is 3.99. The molecule has 0 saturated carbocycles. The first-order chi connectivity index (χ1) is 12.8. The van der Waals surface area contributed by atoms with Crippen LogP contribution in [0.5, 0.6) is 5.75 Å². The average Bonchev–Trinajstić information content (AvgIpc) is 2.51. The van der Waals surface area contributed by atoms with E-state index in [1.807, 2.05) is 19.0 Å². The molecule has 1 amide bonds. The summed E-state index contributed by atoms with van der Waals surface area (Å²) in [6.45, 7) is 17.1. The second kappa shape index (κ2) is 10.3. The zero-order valence-electron chi connectivity index (χ0n) is 19.7. The fourth-order valence-electron chi connectivity index (χ4n) is 3.23. The number of rotatable bonds is 9. The molecule has 1 rings (SSSR count). The number of hydrogen-bond acceptors (Lipinski definition) is 3. The molecule has 28 heavy (non-hydrogen) atoms. The number of aryl methyl sites for hydroxylation is 1. The molecular formula is C24H42N2O2. The Kier molecular flexibility index (Phi) is 9.00. The lowest BCUT2D eigenvalue weighted by atomic mass is 9.80. The molecule has 0 atom stereocenters. The number of benzene rings is 1. The lowest BCUT2D eigenvalue weighted by Gasteiger charge is -2.28. The molecule has 0 fully saturated rings. The lowest BCUT2D eigenvalue weighted by Crippen LogP contribution is -2.34. The van der Waals surface area contributed by atoms with E-state index in [4.69, 9.17) is 4.74 Å². The fourth-order valence-corrected chi connectivity index (χ4v) is 3.23. The Labute approximate surface area is 173 Å². The van der Waals surface area contributed by atoms with Crippen LogP contribution in [0.2, 0.25) is 0 Å². The number of nitrogens with one attached hydrogen (secondary N) is 1. The molecule has 1 N–H and O–H groups in total. The van der Waals surface area contributed by atoms with Crippen LogP contribution in [0.25, 0.3) is 0 Å². The fraction of sp³-hybridized carbons (Fsp3) is 0.708. The average molecular weight is 391 g/mol. The van der Waals surface area contributed by atoms with Crippen molar-refractivity contribution in [1.29, 1.82) is 0 Å². The first-order valence-corrected chi connectivity index (χ1v) is 10.5. The van der Waals surface area contributed by atoms with Gasteiger partial charge in [0.1, 0.15) is 5.75 Å². The van der Waals surface area contributed by atoms with E-state index < -0.39 is 0 Å². The van der Waals surface area contributed by atoms with E-state index in [9.17, 15) is 4.79 Å². The van der Waals surface area contributed by atoms with Gasteiger partial charge in [-0.15, -0.1) is 0 Å². The Morgan fingerprint density at radius 3 is 2.25 bits per heavy atom. The molecule has 1 aromatic carbocycles. The van der Waals surface area contributed by atoms with Crippen LogP contribution in [-0.4, -0.2) is 44.6 Å². The topological polar surface area (TPSA) is 41.6 Å². The molecule has 0 aliphatic heterocycles. The predicted octanol–water partition coefficient (Wildman–Crippen LogP) is 4.58. The summed E-state index contributed by atoms with van der Waals surface area (Å²) in [6.07, 6.45) is 3.10. The molecule has 0 heterocycles. The van der Waals surface area contributed by atoms with Gasteiger partial charge in [-0.2, -0.15) is 0 Å². The minimum Gasteiger partial charge on any atom is -0.483 e. The molecule has 0 unspecified atom stereocenters. The summed E-state index contributed by atoms with van der Waals surface area (Å²) in [6, 6.07) is 4.55. The lowest BCUT2D eigenvalue weighted by molar-refractivity contribution is -0.123. The zero-order valence-corrected chi connectivity index (χ0v) is 19.7. The summed E-state index contributed by atoms with van der Waals surface area (Å²) in [5.41, 5.74) is 3.86. The van der Waals surface area contributed by atoms with Gasteiger partial charge in [0, 0.05) is 18.7 Å². The first kappa shape index (κ1) is 24.5. The highest BCUT2D eigenvalue weighted by atomic mass is 16.5. The Morgan fingerprint density at radius 2 is 1.75 bits per heavy atom. The molecule has 0 saturated heterocycles. The highest BCUT2D eigenvalue weighted by Crippen LogP contribution is 2.38. The largest absolute Gasteiger partial charge is 0.483 e. The smallest absolute Gasteiger partial charge is 0.257 e.